The summed E-state index contributed by atoms with van der Waals surface area (Å²) >= 11 is 5.67. The van der Waals surface area contributed by atoms with Crippen molar-refractivity contribution in [3.63, 3.8) is 0 Å². The van der Waals surface area contributed by atoms with Crippen LogP contribution in [0.1, 0.15) is 0 Å². The molecule has 82 valence electrons. The molecule has 2 rings (SSSR count). The second kappa shape index (κ2) is 4.09. The van der Waals surface area contributed by atoms with E-state index in [0.29, 0.717) is 12.1 Å². The van der Waals surface area contributed by atoms with E-state index >= 15 is 0 Å². The minimum absolute atomic E-state index is 0.0273. The summed E-state index contributed by atoms with van der Waals surface area (Å²) in [5.41, 5.74) is -0.252. The zero-order valence-electron chi connectivity index (χ0n) is 7.72. The molecular formula is C10H4ClF3N2. The van der Waals surface area contributed by atoms with Gasteiger partial charge in [-0.15, -0.1) is 0 Å². The number of hydrogen-bond acceptors (Lipinski definition) is 2. The molecule has 0 N–H and O–H groups in total. The first-order valence-corrected chi connectivity index (χ1v) is 4.59. The van der Waals surface area contributed by atoms with Crippen LogP contribution in [0, 0.1) is 17.5 Å². The Morgan fingerprint density at radius 1 is 0.875 bits per heavy atom. The van der Waals surface area contributed by atoms with Gasteiger partial charge < -0.3 is 0 Å². The Bertz CT molecular complexity index is 546. The third-order valence-electron chi connectivity index (χ3n) is 1.92. The first-order chi connectivity index (χ1) is 7.59. The summed E-state index contributed by atoms with van der Waals surface area (Å²) in [6.45, 7) is 0. The molecule has 0 aliphatic heterocycles. The van der Waals surface area contributed by atoms with Gasteiger partial charge in [0.2, 0.25) is 0 Å². The molecule has 0 unspecified atom stereocenters. The molecule has 2 nitrogen and oxygen atoms in total. The molecule has 1 heterocycles. The highest BCUT2D eigenvalue weighted by molar-refractivity contribution is 6.31. The Hall–Kier alpha value is -1.62. The molecule has 0 bridgehead atoms. The summed E-state index contributed by atoms with van der Waals surface area (Å²) in [5.74, 6) is -3.37. The normalized spacial score (nSPS) is 10.5. The van der Waals surface area contributed by atoms with Crippen molar-refractivity contribution in [2.24, 2.45) is 0 Å². The van der Waals surface area contributed by atoms with Crippen LogP contribution in [0.25, 0.3) is 11.3 Å². The summed E-state index contributed by atoms with van der Waals surface area (Å²) in [7, 11) is 0. The molecule has 0 spiro atoms. The summed E-state index contributed by atoms with van der Waals surface area (Å²) < 4.78 is 39.0. The highest BCUT2D eigenvalue weighted by atomic mass is 35.5. The third-order valence-corrected chi connectivity index (χ3v) is 2.20. The zero-order chi connectivity index (χ0) is 11.7. The largest absolute Gasteiger partial charge is 0.251 e. The molecule has 1 aromatic carbocycles. The van der Waals surface area contributed by atoms with Crippen LogP contribution in [0.15, 0.2) is 24.5 Å². The molecule has 0 radical (unpaired) electrons. The van der Waals surface area contributed by atoms with Gasteiger partial charge in [0, 0.05) is 24.0 Å². The maximum Gasteiger partial charge on any atom is 0.161 e. The summed E-state index contributed by atoms with van der Waals surface area (Å²) in [5, 5.41) is -0.0765. The van der Waals surface area contributed by atoms with Gasteiger partial charge in [-0.25, -0.2) is 18.2 Å². The quantitative estimate of drug-likeness (QED) is 0.720. The molecule has 16 heavy (non-hydrogen) atoms. The van der Waals surface area contributed by atoms with E-state index in [-0.39, 0.29) is 16.4 Å². The van der Waals surface area contributed by atoms with E-state index < -0.39 is 17.5 Å². The fraction of sp³-hybridized carbons (Fsp3) is 0. The van der Waals surface area contributed by atoms with Crippen molar-refractivity contribution in [1.29, 1.82) is 0 Å². The van der Waals surface area contributed by atoms with Crippen molar-refractivity contribution in [3.05, 3.63) is 47.1 Å². The first-order valence-electron chi connectivity index (χ1n) is 4.21. The average molecular weight is 245 g/mol. The molecular weight excluding hydrogens is 241 g/mol. The third kappa shape index (κ3) is 1.86. The van der Waals surface area contributed by atoms with Crippen LogP contribution in [0.3, 0.4) is 0 Å². The minimum Gasteiger partial charge on any atom is -0.251 e. The number of halogens is 4. The predicted octanol–water partition coefficient (Wildman–Crippen LogP) is 3.21. The van der Waals surface area contributed by atoms with Crippen molar-refractivity contribution in [2.45, 2.75) is 0 Å². The molecule has 2 aromatic rings. The second-order valence-electron chi connectivity index (χ2n) is 2.94. The molecule has 0 atom stereocenters. The van der Waals surface area contributed by atoms with Gasteiger partial charge in [-0.2, -0.15) is 0 Å². The molecule has 0 saturated heterocycles. The van der Waals surface area contributed by atoms with Crippen LogP contribution in [0.4, 0.5) is 13.2 Å². The fourth-order valence-electron chi connectivity index (χ4n) is 1.21. The van der Waals surface area contributed by atoms with Gasteiger partial charge in [0.15, 0.2) is 16.8 Å². The Balaban J connectivity index is 2.65. The predicted molar refractivity (Wildman–Crippen MR) is 52.4 cm³/mol. The van der Waals surface area contributed by atoms with Gasteiger partial charge in [0.1, 0.15) is 11.5 Å². The standard InChI is InChI=1S/C10H4ClF3N2/c11-10-9(15-1-2-16-10)5-3-7(13)8(14)4-6(5)12/h1-4H. The van der Waals surface area contributed by atoms with Gasteiger partial charge in [0.05, 0.1) is 0 Å². The van der Waals surface area contributed by atoms with Crippen molar-refractivity contribution < 1.29 is 13.2 Å². The highest BCUT2D eigenvalue weighted by Crippen LogP contribution is 2.27. The first kappa shape index (κ1) is 10.9. The topological polar surface area (TPSA) is 25.8 Å². The van der Waals surface area contributed by atoms with E-state index in [1.165, 1.54) is 12.4 Å². The van der Waals surface area contributed by atoms with Gasteiger partial charge in [0.25, 0.3) is 0 Å². The van der Waals surface area contributed by atoms with E-state index in [1.807, 2.05) is 0 Å². The molecule has 0 fully saturated rings. The Kier molecular flexibility index (Phi) is 2.78. The van der Waals surface area contributed by atoms with Crippen molar-refractivity contribution in [1.82, 2.24) is 9.97 Å². The van der Waals surface area contributed by atoms with E-state index in [2.05, 4.69) is 9.97 Å². The van der Waals surface area contributed by atoms with Gasteiger partial charge in [-0.1, -0.05) is 11.6 Å². The highest BCUT2D eigenvalue weighted by Gasteiger charge is 2.15. The van der Waals surface area contributed by atoms with Crippen LogP contribution in [-0.4, -0.2) is 9.97 Å². The second-order valence-corrected chi connectivity index (χ2v) is 3.30. The SMILES string of the molecule is Fc1cc(F)c(-c2nccnc2Cl)cc1F. The lowest BCUT2D eigenvalue weighted by molar-refractivity contribution is 0.496. The maximum absolute atomic E-state index is 13.4. The number of rotatable bonds is 1. The fourth-order valence-corrected chi connectivity index (χ4v) is 1.41. The minimum atomic E-state index is -1.26. The Morgan fingerprint density at radius 2 is 1.50 bits per heavy atom. The lowest BCUT2D eigenvalue weighted by Gasteiger charge is -2.04. The molecule has 0 amide bonds. The Labute approximate surface area is 93.7 Å². The van der Waals surface area contributed by atoms with Crippen LogP contribution < -0.4 is 0 Å². The molecule has 0 aliphatic carbocycles. The van der Waals surface area contributed by atoms with Crippen LogP contribution >= 0.6 is 11.6 Å². The molecule has 1 aromatic heterocycles. The smallest absolute Gasteiger partial charge is 0.161 e. The lowest BCUT2D eigenvalue weighted by atomic mass is 10.1. The van der Waals surface area contributed by atoms with Gasteiger partial charge in [-0.3, -0.25) is 4.98 Å². The lowest BCUT2D eigenvalue weighted by Crippen LogP contribution is -1.94. The van der Waals surface area contributed by atoms with Crippen molar-refractivity contribution in [2.75, 3.05) is 0 Å². The maximum atomic E-state index is 13.4. The summed E-state index contributed by atoms with van der Waals surface area (Å²) in [6.07, 6.45) is 2.59. The Morgan fingerprint density at radius 3 is 2.19 bits per heavy atom. The zero-order valence-corrected chi connectivity index (χ0v) is 8.47. The van der Waals surface area contributed by atoms with E-state index in [9.17, 15) is 13.2 Å². The summed E-state index contributed by atoms with van der Waals surface area (Å²) in [4.78, 5) is 7.43. The monoisotopic (exact) mass is 244 g/mol. The van der Waals surface area contributed by atoms with E-state index in [4.69, 9.17) is 11.6 Å². The number of benzene rings is 1. The van der Waals surface area contributed by atoms with E-state index in [1.54, 1.807) is 0 Å². The molecule has 0 saturated carbocycles. The molecule has 6 heteroatoms. The average Bonchev–Trinajstić information content (AvgIpc) is 2.25. The van der Waals surface area contributed by atoms with Crippen molar-refractivity contribution >= 4 is 11.6 Å². The number of aromatic nitrogens is 2. The van der Waals surface area contributed by atoms with Crippen molar-refractivity contribution in [3.8, 4) is 11.3 Å². The van der Waals surface area contributed by atoms with Gasteiger partial charge in [-0.05, 0) is 6.07 Å². The molecule has 0 aliphatic rings. The van der Waals surface area contributed by atoms with E-state index in [0.717, 1.165) is 0 Å². The number of hydrogen-bond donors (Lipinski definition) is 0. The van der Waals surface area contributed by atoms with Crippen LogP contribution in [0.2, 0.25) is 5.15 Å². The van der Waals surface area contributed by atoms with Crippen LogP contribution in [-0.2, 0) is 0 Å². The number of nitrogens with zero attached hydrogens (tertiary/aromatic N) is 2. The summed E-state index contributed by atoms with van der Waals surface area (Å²) in [6, 6.07) is 1.14. The van der Waals surface area contributed by atoms with Gasteiger partial charge >= 0.3 is 0 Å². The van der Waals surface area contributed by atoms with Crippen LogP contribution in [0.5, 0.6) is 0 Å².